The first-order valence-corrected chi connectivity index (χ1v) is 13.0. The molecule has 36 heavy (non-hydrogen) atoms. The van der Waals surface area contributed by atoms with Crippen molar-refractivity contribution in [1.29, 1.82) is 0 Å². The summed E-state index contributed by atoms with van der Waals surface area (Å²) in [5.41, 5.74) is 0.580. The molecule has 0 radical (unpaired) electrons. The molecule has 0 bridgehead atoms. The quantitative estimate of drug-likeness (QED) is 0.287. The Morgan fingerprint density at radius 1 is 0.944 bits per heavy atom. The topological polar surface area (TPSA) is 72.2 Å². The van der Waals surface area contributed by atoms with Gasteiger partial charge in [0.2, 0.25) is 11.8 Å². The van der Waals surface area contributed by atoms with Crippen LogP contribution >= 0.6 is 0 Å². The second-order valence-corrected chi connectivity index (χ2v) is 10.1. The third-order valence-corrected chi connectivity index (χ3v) is 6.30. The second-order valence-electron chi connectivity index (χ2n) is 10.1. The van der Waals surface area contributed by atoms with Gasteiger partial charge < -0.3 is 23.7 Å². The highest BCUT2D eigenvalue weighted by molar-refractivity contribution is 5.85. The minimum absolute atomic E-state index is 0.0326. The molecule has 0 spiro atoms. The van der Waals surface area contributed by atoms with Crippen molar-refractivity contribution in [2.24, 2.45) is 0 Å². The standard InChI is InChI=1S/C29H44N2O5/c1-7-8-9-10-11-14-27(32)31(29(2,3)4)22-28(33)30(21-24-13-12-19-36-24)18-17-23-15-16-25(34-5)26(20-23)35-6/h12-13,15-16,19-20H,7-11,14,17-18,21-22H2,1-6H3. The smallest absolute Gasteiger partial charge is 0.242 e. The lowest BCUT2D eigenvalue weighted by atomic mass is 10.0. The molecule has 0 aliphatic rings. The van der Waals surface area contributed by atoms with Gasteiger partial charge in [0, 0.05) is 18.5 Å². The number of hydrogen-bond donors (Lipinski definition) is 0. The van der Waals surface area contributed by atoms with Crippen LogP contribution in [0.1, 0.15) is 77.5 Å². The minimum Gasteiger partial charge on any atom is -0.493 e. The number of methoxy groups -OCH3 is 2. The predicted molar refractivity (Wildman–Crippen MR) is 142 cm³/mol. The second kappa shape index (κ2) is 14.6. The predicted octanol–water partition coefficient (Wildman–Crippen LogP) is 5.86. The molecule has 0 aliphatic carbocycles. The highest BCUT2D eigenvalue weighted by Gasteiger charge is 2.30. The molecule has 200 valence electrons. The number of hydrogen-bond acceptors (Lipinski definition) is 5. The van der Waals surface area contributed by atoms with E-state index in [9.17, 15) is 9.59 Å². The first kappa shape index (κ1) is 29.3. The number of carbonyl (C=O) groups is 2. The highest BCUT2D eigenvalue weighted by atomic mass is 16.5. The summed E-state index contributed by atoms with van der Waals surface area (Å²) in [7, 11) is 3.21. The summed E-state index contributed by atoms with van der Waals surface area (Å²) in [6.07, 6.45) is 8.12. The van der Waals surface area contributed by atoms with Crippen LogP contribution in [-0.2, 0) is 22.6 Å². The van der Waals surface area contributed by atoms with E-state index in [4.69, 9.17) is 13.9 Å². The molecule has 0 fully saturated rings. The maximum Gasteiger partial charge on any atom is 0.242 e. The summed E-state index contributed by atoms with van der Waals surface area (Å²) in [4.78, 5) is 30.1. The molecule has 1 aromatic heterocycles. The van der Waals surface area contributed by atoms with Crippen molar-refractivity contribution in [2.45, 2.75) is 84.7 Å². The number of amides is 2. The van der Waals surface area contributed by atoms with Gasteiger partial charge in [-0.25, -0.2) is 0 Å². The molecule has 7 nitrogen and oxygen atoms in total. The number of carbonyl (C=O) groups excluding carboxylic acids is 2. The summed E-state index contributed by atoms with van der Waals surface area (Å²) in [5.74, 6) is 1.97. The van der Waals surface area contributed by atoms with E-state index < -0.39 is 5.54 Å². The Morgan fingerprint density at radius 2 is 1.67 bits per heavy atom. The number of benzene rings is 1. The summed E-state index contributed by atoms with van der Waals surface area (Å²) in [6.45, 7) is 9.00. The highest BCUT2D eigenvalue weighted by Crippen LogP contribution is 2.28. The van der Waals surface area contributed by atoms with E-state index in [2.05, 4.69) is 6.92 Å². The van der Waals surface area contributed by atoms with Gasteiger partial charge in [-0.15, -0.1) is 0 Å². The fraction of sp³-hybridized carbons (Fsp3) is 0.586. The number of unbranched alkanes of at least 4 members (excludes halogenated alkanes) is 4. The molecule has 2 amide bonds. The van der Waals surface area contributed by atoms with Crippen molar-refractivity contribution >= 4 is 11.8 Å². The van der Waals surface area contributed by atoms with Crippen LogP contribution in [0.15, 0.2) is 41.0 Å². The van der Waals surface area contributed by atoms with Gasteiger partial charge >= 0.3 is 0 Å². The molecule has 0 N–H and O–H groups in total. The first-order chi connectivity index (χ1) is 17.2. The van der Waals surface area contributed by atoms with E-state index in [1.165, 1.54) is 12.8 Å². The Kier molecular flexibility index (Phi) is 11.8. The molecule has 0 saturated carbocycles. The van der Waals surface area contributed by atoms with Crippen LogP contribution in [0.25, 0.3) is 0 Å². The van der Waals surface area contributed by atoms with Crippen LogP contribution in [0.5, 0.6) is 11.5 Å². The zero-order valence-electron chi connectivity index (χ0n) is 23.0. The average molecular weight is 501 g/mol. The monoisotopic (exact) mass is 500 g/mol. The lowest BCUT2D eigenvalue weighted by Crippen LogP contribution is -2.51. The Balaban J connectivity index is 2.11. The van der Waals surface area contributed by atoms with Crippen LogP contribution in [0.4, 0.5) is 0 Å². The Labute approximate surface area is 216 Å². The van der Waals surface area contributed by atoms with Gasteiger partial charge in [0.15, 0.2) is 11.5 Å². The third-order valence-electron chi connectivity index (χ3n) is 6.30. The van der Waals surface area contributed by atoms with Crippen molar-refractivity contribution < 1.29 is 23.5 Å². The zero-order chi connectivity index (χ0) is 26.6. The Bertz CT molecular complexity index is 934. The molecular weight excluding hydrogens is 456 g/mol. The minimum atomic E-state index is -0.449. The van der Waals surface area contributed by atoms with Crippen LogP contribution in [0.3, 0.4) is 0 Å². The van der Waals surface area contributed by atoms with E-state index in [1.54, 1.807) is 30.3 Å². The lowest BCUT2D eigenvalue weighted by molar-refractivity contribution is -0.145. The zero-order valence-corrected chi connectivity index (χ0v) is 23.0. The molecule has 7 heteroatoms. The third kappa shape index (κ3) is 9.25. The van der Waals surface area contributed by atoms with Crippen LogP contribution in [-0.4, -0.2) is 54.5 Å². The van der Waals surface area contributed by atoms with Gasteiger partial charge in [-0.2, -0.15) is 0 Å². The van der Waals surface area contributed by atoms with Crippen molar-refractivity contribution in [3.63, 3.8) is 0 Å². The van der Waals surface area contributed by atoms with Gasteiger partial charge in [-0.3, -0.25) is 9.59 Å². The largest absolute Gasteiger partial charge is 0.493 e. The van der Waals surface area contributed by atoms with Crippen molar-refractivity contribution in [2.75, 3.05) is 27.3 Å². The maximum absolute atomic E-state index is 13.5. The van der Waals surface area contributed by atoms with Gasteiger partial charge in [0.05, 0.1) is 27.0 Å². The fourth-order valence-corrected chi connectivity index (χ4v) is 4.13. The molecule has 0 atom stereocenters. The van der Waals surface area contributed by atoms with Gasteiger partial charge in [-0.1, -0.05) is 38.7 Å². The SMILES string of the molecule is CCCCCCCC(=O)N(CC(=O)N(CCc1ccc(OC)c(OC)c1)Cc1ccco1)C(C)(C)C. The molecule has 1 aromatic carbocycles. The molecule has 1 heterocycles. The van der Waals surface area contributed by atoms with Crippen LogP contribution < -0.4 is 9.47 Å². The molecular formula is C29H44N2O5. The van der Waals surface area contributed by atoms with Crippen molar-refractivity contribution in [3.8, 4) is 11.5 Å². The maximum atomic E-state index is 13.5. The fourth-order valence-electron chi connectivity index (χ4n) is 4.13. The van der Waals surface area contributed by atoms with E-state index in [1.807, 2.05) is 51.1 Å². The average Bonchev–Trinajstić information content (AvgIpc) is 3.37. The van der Waals surface area contributed by atoms with Crippen LogP contribution in [0, 0.1) is 0 Å². The normalized spacial score (nSPS) is 11.3. The molecule has 2 rings (SSSR count). The van der Waals surface area contributed by atoms with Crippen LogP contribution in [0.2, 0.25) is 0 Å². The van der Waals surface area contributed by atoms with Crippen molar-refractivity contribution in [3.05, 3.63) is 47.9 Å². The first-order valence-electron chi connectivity index (χ1n) is 13.0. The number of rotatable bonds is 15. The number of furan rings is 1. The van der Waals surface area contributed by atoms with E-state index in [0.717, 1.165) is 24.8 Å². The lowest BCUT2D eigenvalue weighted by Gasteiger charge is -2.37. The van der Waals surface area contributed by atoms with E-state index in [0.29, 0.717) is 43.2 Å². The molecule has 0 saturated heterocycles. The van der Waals surface area contributed by atoms with Gasteiger partial charge in [0.1, 0.15) is 12.3 Å². The van der Waals surface area contributed by atoms with E-state index in [-0.39, 0.29) is 18.4 Å². The molecule has 0 aliphatic heterocycles. The summed E-state index contributed by atoms with van der Waals surface area (Å²) >= 11 is 0. The Hall–Kier alpha value is -2.96. The Morgan fingerprint density at radius 3 is 2.28 bits per heavy atom. The van der Waals surface area contributed by atoms with E-state index >= 15 is 0 Å². The summed E-state index contributed by atoms with van der Waals surface area (Å²) in [5, 5.41) is 0. The van der Waals surface area contributed by atoms with Gasteiger partial charge in [-0.05, 0) is 63.4 Å². The van der Waals surface area contributed by atoms with Crippen molar-refractivity contribution in [1.82, 2.24) is 9.80 Å². The van der Waals surface area contributed by atoms with Gasteiger partial charge in [0.25, 0.3) is 0 Å². The molecule has 2 aromatic rings. The summed E-state index contributed by atoms with van der Waals surface area (Å²) < 4.78 is 16.3. The summed E-state index contributed by atoms with van der Waals surface area (Å²) in [6, 6.07) is 9.45. The number of nitrogens with zero attached hydrogens (tertiary/aromatic N) is 2. The number of ether oxygens (including phenoxy) is 2. The molecule has 0 unspecified atom stereocenters.